The van der Waals surface area contributed by atoms with Crippen LogP contribution < -0.4 is 4.90 Å². The third kappa shape index (κ3) is 2.44. The largest absolute Gasteiger partial charge is 0.268 e. The van der Waals surface area contributed by atoms with Crippen LogP contribution in [-0.4, -0.2) is 21.6 Å². The summed E-state index contributed by atoms with van der Waals surface area (Å²) in [4.78, 5) is 26.8. The van der Waals surface area contributed by atoms with Gasteiger partial charge in [-0.05, 0) is 30.7 Å². The van der Waals surface area contributed by atoms with E-state index in [1.54, 1.807) is 48.1 Å². The zero-order valence-corrected chi connectivity index (χ0v) is 14.9. The van der Waals surface area contributed by atoms with Crippen LogP contribution in [0.15, 0.2) is 48.5 Å². The minimum absolute atomic E-state index is 0.352. The molecule has 0 saturated carbocycles. The predicted molar refractivity (Wildman–Crippen MR) is 100 cm³/mol. The summed E-state index contributed by atoms with van der Waals surface area (Å²) in [6.07, 6.45) is 0.603. The number of fused-ring (bicyclic) bond motifs is 1. The summed E-state index contributed by atoms with van der Waals surface area (Å²) in [7, 11) is 1.79. The minimum atomic E-state index is -0.352. The molecule has 0 atom stereocenters. The highest BCUT2D eigenvalue weighted by Gasteiger charge is 2.39. The normalized spacial score (nSPS) is 13.0. The van der Waals surface area contributed by atoms with Gasteiger partial charge < -0.3 is 0 Å². The summed E-state index contributed by atoms with van der Waals surface area (Å²) < 4.78 is 1.68. The maximum Gasteiger partial charge on any atom is 0.267 e. The third-order valence-corrected chi connectivity index (χ3v) is 4.77. The van der Waals surface area contributed by atoms with E-state index in [9.17, 15) is 9.59 Å². The molecule has 6 nitrogen and oxygen atoms in total. The summed E-state index contributed by atoms with van der Waals surface area (Å²) in [5.41, 5.74) is 3.89. The van der Waals surface area contributed by atoms with E-state index in [1.807, 2.05) is 19.1 Å². The molecule has 0 fully saturated rings. The van der Waals surface area contributed by atoms with E-state index >= 15 is 0 Å². The molecule has 2 heterocycles. The van der Waals surface area contributed by atoms with Gasteiger partial charge in [-0.15, -0.1) is 0 Å². The molecule has 2 amide bonds. The predicted octanol–water partition coefficient (Wildman–Crippen LogP) is 3.32. The van der Waals surface area contributed by atoms with Gasteiger partial charge in [0, 0.05) is 18.2 Å². The lowest BCUT2D eigenvalue weighted by Gasteiger charge is -2.12. The summed E-state index contributed by atoms with van der Waals surface area (Å²) in [6, 6.07) is 16.1. The molecule has 132 valence electrons. The number of aromatic nitrogens is 2. The maximum atomic E-state index is 12.8. The molecule has 2 aromatic carbocycles. The first kappa shape index (κ1) is 16.7. The first-order valence-electron chi connectivity index (χ1n) is 8.61. The molecule has 0 aliphatic carbocycles. The van der Waals surface area contributed by atoms with E-state index in [2.05, 4.69) is 11.2 Å². The van der Waals surface area contributed by atoms with Crippen LogP contribution in [-0.2, 0) is 13.5 Å². The van der Waals surface area contributed by atoms with E-state index < -0.39 is 0 Å². The minimum Gasteiger partial charge on any atom is -0.268 e. The highest BCUT2D eigenvalue weighted by Crippen LogP contribution is 2.35. The van der Waals surface area contributed by atoms with Crippen LogP contribution >= 0.6 is 0 Å². The van der Waals surface area contributed by atoms with Gasteiger partial charge in [0.05, 0.1) is 28.5 Å². The number of hydrogen-bond acceptors (Lipinski definition) is 4. The van der Waals surface area contributed by atoms with Gasteiger partial charge in [-0.3, -0.25) is 14.3 Å². The number of amides is 2. The molecule has 1 aliphatic rings. The van der Waals surface area contributed by atoms with Crippen LogP contribution in [0.5, 0.6) is 0 Å². The second kappa shape index (κ2) is 6.22. The molecule has 0 N–H and O–H groups in total. The van der Waals surface area contributed by atoms with Gasteiger partial charge in [-0.25, -0.2) is 4.90 Å². The number of benzene rings is 2. The Morgan fingerprint density at radius 2 is 1.59 bits per heavy atom. The molecule has 4 rings (SSSR count). The Kier molecular flexibility index (Phi) is 3.85. The van der Waals surface area contributed by atoms with Gasteiger partial charge in [0.2, 0.25) is 0 Å². The highest BCUT2D eigenvalue weighted by molar-refractivity contribution is 6.34. The SMILES string of the molecule is CCc1c(N2C(=O)c3ccccc3C2=O)nn(C)c1-c1ccc(C#N)cc1. The molecule has 0 bridgehead atoms. The number of aryl methyl sites for hydroxylation is 1. The topological polar surface area (TPSA) is 79.0 Å². The molecule has 3 aromatic rings. The van der Waals surface area contributed by atoms with Gasteiger partial charge in [0.15, 0.2) is 5.82 Å². The lowest BCUT2D eigenvalue weighted by molar-refractivity contribution is 0.0924. The summed E-state index contributed by atoms with van der Waals surface area (Å²) in [6.45, 7) is 1.96. The fraction of sp³-hybridized carbons (Fsp3) is 0.143. The average molecular weight is 356 g/mol. The van der Waals surface area contributed by atoms with Crippen LogP contribution in [0.25, 0.3) is 11.3 Å². The Morgan fingerprint density at radius 3 is 2.11 bits per heavy atom. The monoisotopic (exact) mass is 356 g/mol. The Labute approximate surface area is 156 Å². The summed E-state index contributed by atoms with van der Waals surface area (Å²) in [5, 5.41) is 13.5. The fourth-order valence-electron chi connectivity index (χ4n) is 3.50. The number of nitriles is 1. The van der Waals surface area contributed by atoms with Crippen molar-refractivity contribution in [1.29, 1.82) is 5.26 Å². The van der Waals surface area contributed by atoms with Gasteiger partial charge in [-0.2, -0.15) is 10.4 Å². The van der Waals surface area contributed by atoms with Crippen molar-refractivity contribution < 1.29 is 9.59 Å². The summed E-state index contributed by atoms with van der Waals surface area (Å²) in [5.74, 6) is -0.338. The number of rotatable bonds is 3. The standard InChI is InChI=1S/C21H16N4O2/c1-3-15-18(14-10-8-13(12-22)9-11-14)24(2)23-19(15)25-20(26)16-6-4-5-7-17(16)21(25)27/h4-11H,3H2,1-2H3. The Morgan fingerprint density at radius 1 is 1.00 bits per heavy atom. The molecule has 0 radical (unpaired) electrons. The molecule has 0 unspecified atom stereocenters. The first-order valence-corrected chi connectivity index (χ1v) is 8.61. The first-order chi connectivity index (χ1) is 13.1. The Balaban J connectivity index is 1.85. The third-order valence-electron chi connectivity index (χ3n) is 4.77. The van der Waals surface area contributed by atoms with Gasteiger partial charge in [0.1, 0.15) is 0 Å². The van der Waals surface area contributed by atoms with Crippen molar-refractivity contribution in [2.75, 3.05) is 4.90 Å². The Bertz CT molecular complexity index is 1090. The van der Waals surface area contributed by atoms with Crippen LogP contribution in [0.4, 0.5) is 5.82 Å². The number of carbonyl (C=O) groups is 2. The molecule has 0 spiro atoms. The van der Waals surface area contributed by atoms with Gasteiger partial charge in [-0.1, -0.05) is 31.2 Å². The van der Waals surface area contributed by atoms with E-state index in [1.165, 1.54) is 0 Å². The average Bonchev–Trinajstić information content (AvgIpc) is 3.15. The molecular formula is C21H16N4O2. The molecule has 1 aliphatic heterocycles. The van der Waals surface area contributed by atoms with Crippen molar-refractivity contribution in [3.05, 3.63) is 70.8 Å². The van der Waals surface area contributed by atoms with E-state index in [0.717, 1.165) is 21.7 Å². The fourth-order valence-corrected chi connectivity index (χ4v) is 3.50. The van der Waals surface area contributed by atoms with Crippen LogP contribution in [0.2, 0.25) is 0 Å². The van der Waals surface area contributed by atoms with Gasteiger partial charge in [0.25, 0.3) is 11.8 Å². The number of carbonyl (C=O) groups excluding carboxylic acids is 2. The number of imide groups is 1. The second-order valence-electron chi connectivity index (χ2n) is 6.31. The highest BCUT2D eigenvalue weighted by atomic mass is 16.2. The van der Waals surface area contributed by atoms with Crippen molar-refractivity contribution in [3.63, 3.8) is 0 Å². The van der Waals surface area contributed by atoms with Crippen molar-refractivity contribution in [2.45, 2.75) is 13.3 Å². The quantitative estimate of drug-likeness (QED) is 0.674. The molecule has 1 aromatic heterocycles. The van der Waals surface area contributed by atoms with E-state index in [0.29, 0.717) is 28.9 Å². The smallest absolute Gasteiger partial charge is 0.267 e. The molecular weight excluding hydrogens is 340 g/mol. The maximum absolute atomic E-state index is 12.8. The number of hydrogen-bond donors (Lipinski definition) is 0. The van der Waals surface area contributed by atoms with Crippen LogP contribution in [0.1, 0.15) is 38.8 Å². The summed E-state index contributed by atoms with van der Waals surface area (Å²) >= 11 is 0. The zero-order chi connectivity index (χ0) is 19.1. The molecule has 0 saturated heterocycles. The second-order valence-corrected chi connectivity index (χ2v) is 6.31. The van der Waals surface area contributed by atoms with Gasteiger partial charge >= 0.3 is 0 Å². The zero-order valence-electron chi connectivity index (χ0n) is 14.9. The van der Waals surface area contributed by atoms with Crippen LogP contribution in [0, 0.1) is 11.3 Å². The van der Waals surface area contributed by atoms with Crippen LogP contribution in [0.3, 0.4) is 0 Å². The Hall–Kier alpha value is -3.72. The van der Waals surface area contributed by atoms with Crippen molar-refractivity contribution in [1.82, 2.24) is 9.78 Å². The van der Waals surface area contributed by atoms with Crippen molar-refractivity contribution in [3.8, 4) is 17.3 Å². The number of nitrogens with zero attached hydrogens (tertiary/aromatic N) is 4. The molecule has 27 heavy (non-hydrogen) atoms. The van der Waals surface area contributed by atoms with Crippen molar-refractivity contribution in [2.24, 2.45) is 7.05 Å². The lowest BCUT2D eigenvalue weighted by atomic mass is 10.0. The molecule has 6 heteroatoms. The lowest BCUT2D eigenvalue weighted by Crippen LogP contribution is -2.30. The van der Waals surface area contributed by atoms with Crippen molar-refractivity contribution >= 4 is 17.6 Å². The van der Waals surface area contributed by atoms with E-state index in [-0.39, 0.29) is 11.8 Å². The number of anilines is 1. The van der Waals surface area contributed by atoms with E-state index in [4.69, 9.17) is 5.26 Å².